The van der Waals surface area contributed by atoms with Crippen molar-refractivity contribution in [2.75, 3.05) is 0 Å². The first kappa shape index (κ1) is 42.5. The maximum absolute atomic E-state index is 9.52. The van der Waals surface area contributed by atoms with E-state index in [9.17, 15) is 5.26 Å². The van der Waals surface area contributed by atoms with Crippen LogP contribution in [0.5, 0.6) is 0 Å². The quantitative estimate of drug-likeness (QED) is 0.148. The Balaban J connectivity index is 0.000000364. The fourth-order valence-electron chi connectivity index (χ4n) is 9.75. The van der Waals surface area contributed by atoms with Gasteiger partial charge in [0.1, 0.15) is 16.7 Å². The third-order valence-corrected chi connectivity index (χ3v) is 13.5. The average molecular weight is 1150 g/mol. The van der Waals surface area contributed by atoms with E-state index < -0.39 is 13.7 Å². The molecule has 0 aliphatic rings. The normalized spacial score (nSPS) is 13.2. The van der Waals surface area contributed by atoms with Crippen LogP contribution in [0.25, 0.3) is 106 Å². The van der Waals surface area contributed by atoms with Crippen molar-refractivity contribution >= 4 is 54.9 Å². The number of hydrogen-bond acceptors (Lipinski definition) is 6. The average Bonchev–Trinajstić information content (AvgIpc) is 4.27. The van der Waals surface area contributed by atoms with E-state index in [2.05, 4.69) is 125 Å². The molecule has 0 aliphatic heterocycles. The number of furan rings is 2. The van der Waals surface area contributed by atoms with Gasteiger partial charge in [-0.3, -0.25) is 15.0 Å². The molecule has 0 bridgehead atoms. The summed E-state index contributed by atoms with van der Waals surface area (Å²) in [6.45, 7) is 9.91. The summed E-state index contributed by atoms with van der Waals surface area (Å²) in [6, 6.07) is 57.0. The summed E-state index contributed by atoms with van der Waals surface area (Å²) in [4.78, 5) is 14.1. The second-order valence-electron chi connectivity index (χ2n) is 20.1. The molecule has 12 aromatic rings. The van der Waals surface area contributed by atoms with E-state index in [0.29, 0.717) is 55.5 Å². The summed E-state index contributed by atoms with van der Waals surface area (Å²) in [7, 11) is 0. The molecule has 0 saturated heterocycles. The van der Waals surface area contributed by atoms with Crippen LogP contribution in [0.15, 0.2) is 167 Å². The number of hydrogen-bond donors (Lipinski definition) is 0. The summed E-state index contributed by atoms with van der Waals surface area (Å²) in [5.74, 6) is 1.07. The van der Waals surface area contributed by atoms with Crippen molar-refractivity contribution in [1.82, 2.24) is 19.5 Å². The van der Waals surface area contributed by atoms with Crippen LogP contribution in [-0.4, -0.2) is 19.5 Å². The van der Waals surface area contributed by atoms with Gasteiger partial charge in [0.05, 0.1) is 39.9 Å². The van der Waals surface area contributed by atoms with Crippen LogP contribution in [0.3, 0.4) is 0 Å². The zero-order chi connectivity index (χ0) is 55.7. The van der Waals surface area contributed by atoms with Gasteiger partial charge in [-0.05, 0) is 112 Å². The Kier molecular flexibility index (Phi) is 11.4. The van der Waals surface area contributed by atoms with Crippen LogP contribution in [0.4, 0.5) is 0 Å². The summed E-state index contributed by atoms with van der Waals surface area (Å²) in [5.41, 5.74) is 12.7. The molecule has 0 atom stereocenters. The Morgan fingerprint density at radius 1 is 0.649 bits per heavy atom. The van der Waals surface area contributed by atoms with Crippen molar-refractivity contribution in [2.45, 2.75) is 79.4 Å². The molecule has 8 aromatic carbocycles. The number of nitriles is 1. The minimum atomic E-state index is -2.55. The Morgan fingerprint density at radius 2 is 1.32 bits per heavy atom. The molecule has 0 saturated carbocycles. The number of para-hydroxylation sites is 1. The molecule has 12 rings (SSSR count). The van der Waals surface area contributed by atoms with Crippen LogP contribution in [0.2, 0.25) is 0 Å². The van der Waals surface area contributed by atoms with Crippen molar-refractivity contribution in [3.8, 4) is 56.8 Å². The minimum absolute atomic E-state index is 0. The number of fused-ring (bicyclic) bond motifs is 7. The smallest absolute Gasteiger partial charge is 0.136 e. The van der Waals surface area contributed by atoms with Crippen LogP contribution in [0, 0.1) is 37.2 Å². The monoisotopic (exact) mass is 1150 g/mol. The van der Waals surface area contributed by atoms with E-state index >= 15 is 0 Å². The van der Waals surface area contributed by atoms with E-state index in [1.165, 1.54) is 6.07 Å². The molecule has 4 aromatic heterocycles. The van der Waals surface area contributed by atoms with E-state index in [-0.39, 0.29) is 54.1 Å². The minimum Gasteiger partial charge on any atom is -0.501 e. The molecule has 4 heterocycles. The predicted octanol–water partition coefficient (Wildman–Crippen LogP) is 17.6. The van der Waals surface area contributed by atoms with Crippen LogP contribution in [0.1, 0.15) is 102 Å². The van der Waals surface area contributed by atoms with Crippen molar-refractivity contribution in [2.24, 2.45) is 0 Å². The largest absolute Gasteiger partial charge is 0.501 e. The number of rotatable bonds is 7. The number of benzene rings is 8. The number of aromatic nitrogens is 4. The Hall–Kier alpha value is -7.95. The standard InChI is InChI=1S/C52H40N3O2.C14H15N2.Ir/c1-29(2)40-24-37(36-19-17-35(18-20-36)34-12-8-7-9-13-34)25-41(30(3)4)50(40)55-49-32(6)11-10-14-44(49)54-52(55)39-21-15-31(5)48-43-27-46-42(26-47(43)57-51(39)48)38-22-16-33(28-53)23-45(38)56-46;1-14(2,3)12-9-10-15-13(16-12)11-7-5-4-6-8-11;/h7-20,22-27,29-30H,1-6H3;4-7,9-10H,1-3H3;/q2*-1;/i5D3,6D3;;. The van der Waals surface area contributed by atoms with Crippen LogP contribution < -0.4 is 0 Å². The van der Waals surface area contributed by atoms with Gasteiger partial charge in [-0.1, -0.05) is 133 Å². The molecule has 0 unspecified atom stereocenters. The molecular weight excluding hydrogens is 1090 g/mol. The third-order valence-electron chi connectivity index (χ3n) is 13.5. The molecule has 367 valence electrons. The molecule has 0 spiro atoms. The van der Waals surface area contributed by atoms with E-state index in [4.69, 9.17) is 22.0 Å². The van der Waals surface area contributed by atoms with E-state index in [1.807, 2.05) is 71.4 Å². The van der Waals surface area contributed by atoms with Gasteiger partial charge < -0.3 is 13.4 Å². The first-order chi connectivity index (χ1) is 37.7. The zero-order valence-corrected chi connectivity index (χ0v) is 44.4. The van der Waals surface area contributed by atoms with Crippen molar-refractivity contribution in [3.05, 3.63) is 203 Å². The third kappa shape index (κ3) is 9.02. The maximum atomic E-state index is 9.52. The summed E-state index contributed by atoms with van der Waals surface area (Å²) in [5, 5.41) is 11.9. The SMILES string of the molecule is CC(C)(C)c1ccnc(-c2[c-]cccc2)n1.[2H]C([2H])([2H])c1c[c-]c(-c2nc3cccc(C([2H])([2H])[2H])c3n2-c2c(C(C)C)cc(-c3ccc(-c4ccccc4)cc3)cc2C(C)C)c2oc3cc4c(cc3c12)oc1cc(C#N)ccc14.[Ir]. The maximum Gasteiger partial charge on any atom is 0.136 e. The predicted molar refractivity (Wildman–Crippen MR) is 298 cm³/mol. The molecule has 0 amide bonds. The number of imidazole rings is 1. The fraction of sp³-hybridized carbons (Fsp3) is 0.182. The summed E-state index contributed by atoms with van der Waals surface area (Å²) in [6.07, 6.45) is 1.81. The zero-order valence-electron chi connectivity index (χ0n) is 48.1. The molecule has 0 aliphatic carbocycles. The second-order valence-corrected chi connectivity index (χ2v) is 20.1. The summed E-state index contributed by atoms with van der Waals surface area (Å²) >= 11 is 0. The topological polar surface area (TPSA) is 93.7 Å². The number of aryl methyl sites for hydroxylation is 2. The van der Waals surface area contributed by atoms with Gasteiger partial charge >= 0.3 is 0 Å². The number of nitrogens with zero attached hydrogens (tertiary/aromatic N) is 5. The molecule has 7 nitrogen and oxygen atoms in total. The molecule has 0 fully saturated rings. The molecule has 74 heavy (non-hydrogen) atoms. The van der Waals surface area contributed by atoms with Crippen LogP contribution in [-0.2, 0) is 25.5 Å². The van der Waals surface area contributed by atoms with E-state index in [1.54, 1.807) is 36.4 Å². The molecule has 0 N–H and O–H groups in total. The van der Waals surface area contributed by atoms with Crippen molar-refractivity contribution < 1.29 is 37.2 Å². The van der Waals surface area contributed by atoms with Crippen molar-refractivity contribution in [3.63, 3.8) is 0 Å². The molecule has 8 heteroatoms. The molecule has 1 radical (unpaired) electrons. The molecular formula is C66H55IrN5O2-2. The van der Waals surface area contributed by atoms with Gasteiger partial charge in [-0.25, -0.2) is 0 Å². The first-order valence-corrected chi connectivity index (χ1v) is 24.5. The van der Waals surface area contributed by atoms with Gasteiger partial charge in [0.2, 0.25) is 0 Å². The Labute approximate surface area is 454 Å². The fourth-order valence-corrected chi connectivity index (χ4v) is 9.75. The van der Waals surface area contributed by atoms with E-state index in [0.717, 1.165) is 66.9 Å². The van der Waals surface area contributed by atoms with Gasteiger partial charge in [0.25, 0.3) is 0 Å². The Morgan fingerprint density at radius 3 is 2.00 bits per heavy atom. The van der Waals surface area contributed by atoms with Crippen molar-refractivity contribution in [1.29, 1.82) is 5.26 Å². The van der Waals surface area contributed by atoms with Gasteiger partial charge in [0, 0.05) is 67.5 Å². The second kappa shape index (κ2) is 19.8. The summed E-state index contributed by atoms with van der Waals surface area (Å²) < 4.78 is 67.1. The Bertz CT molecular complexity index is 4310. The van der Waals surface area contributed by atoms with Gasteiger partial charge in [-0.2, -0.15) is 5.26 Å². The van der Waals surface area contributed by atoms with Gasteiger partial charge in [-0.15, -0.1) is 53.6 Å². The van der Waals surface area contributed by atoms with Crippen LogP contribution >= 0.6 is 0 Å². The first-order valence-electron chi connectivity index (χ1n) is 27.5. The van der Waals surface area contributed by atoms with Gasteiger partial charge in [0.15, 0.2) is 0 Å².